The summed E-state index contributed by atoms with van der Waals surface area (Å²) in [6.45, 7) is 2.99. The molecule has 0 amide bonds. The van der Waals surface area contributed by atoms with Gasteiger partial charge < -0.3 is 0 Å². The molecule has 2 rings (SSSR count). The minimum atomic E-state index is -4.31. The quantitative estimate of drug-likeness (QED) is 0.786. The molecule has 0 aliphatic heterocycles. The van der Waals surface area contributed by atoms with Crippen LogP contribution in [0.2, 0.25) is 0 Å². The van der Waals surface area contributed by atoms with E-state index in [1.54, 1.807) is 6.92 Å². The lowest BCUT2D eigenvalue weighted by molar-refractivity contribution is -0.168. The summed E-state index contributed by atoms with van der Waals surface area (Å²) in [7, 11) is 0. The SMILES string of the molecule is CC(=O)/C=C(/c1cnc(C)s1)C1(C(F)(F)F)CC1. The highest BCUT2D eigenvalue weighted by molar-refractivity contribution is 7.12. The van der Waals surface area contributed by atoms with Crippen LogP contribution < -0.4 is 0 Å². The number of allylic oxidation sites excluding steroid dienone is 2. The summed E-state index contributed by atoms with van der Waals surface area (Å²) >= 11 is 1.19. The Kier molecular flexibility index (Phi) is 3.09. The third-order valence-corrected chi connectivity index (χ3v) is 3.99. The van der Waals surface area contributed by atoms with Crippen molar-refractivity contribution in [2.24, 2.45) is 5.41 Å². The van der Waals surface area contributed by atoms with Crippen molar-refractivity contribution in [1.29, 1.82) is 0 Å². The number of halogens is 3. The van der Waals surface area contributed by atoms with Crippen LogP contribution in [0, 0.1) is 12.3 Å². The summed E-state index contributed by atoms with van der Waals surface area (Å²) in [5.41, 5.74) is -1.76. The third-order valence-electron chi connectivity index (χ3n) is 3.04. The van der Waals surface area contributed by atoms with Crippen LogP contribution in [-0.2, 0) is 4.79 Å². The van der Waals surface area contributed by atoms with Crippen LogP contribution in [0.4, 0.5) is 13.2 Å². The molecule has 0 N–H and O–H groups in total. The lowest BCUT2D eigenvalue weighted by Crippen LogP contribution is -2.26. The molecule has 1 aliphatic rings. The summed E-state index contributed by atoms with van der Waals surface area (Å²) in [5, 5.41) is 0.692. The van der Waals surface area contributed by atoms with Crippen molar-refractivity contribution in [2.45, 2.75) is 32.9 Å². The van der Waals surface area contributed by atoms with E-state index in [2.05, 4.69) is 4.98 Å². The second-order valence-electron chi connectivity index (χ2n) is 4.49. The van der Waals surface area contributed by atoms with Crippen molar-refractivity contribution in [2.75, 3.05) is 0 Å². The monoisotopic (exact) mass is 275 g/mol. The van der Waals surface area contributed by atoms with Crippen molar-refractivity contribution in [3.05, 3.63) is 22.2 Å². The molecule has 2 nitrogen and oxygen atoms in total. The zero-order valence-corrected chi connectivity index (χ0v) is 10.8. The van der Waals surface area contributed by atoms with E-state index < -0.39 is 11.6 Å². The molecule has 6 heteroatoms. The summed E-state index contributed by atoms with van der Waals surface area (Å²) in [6.07, 6.45) is -1.70. The molecule has 1 aliphatic carbocycles. The van der Waals surface area contributed by atoms with E-state index in [9.17, 15) is 18.0 Å². The van der Waals surface area contributed by atoms with Crippen LogP contribution in [0.25, 0.3) is 5.57 Å². The van der Waals surface area contributed by atoms with Crippen molar-refractivity contribution in [3.8, 4) is 0 Å². The highest BCUT2D eigenvalue weighted by Gasteiger charge is 2.65. The number of nitrogens with zero attached hydrogens (tertiary/aromatic N) is 1. The molecule has 0 radical (unpaired) electrons. The maximum absolute atomic E-state index is 13.1. The first-order chi connectivity index (χ1) is 8.26. The molecule has 1 heterocycles. The van der Waals surface area contributed by atoms with Gasteiger partial charge in [-0.3, -0.25) is 4.79 Å². The van der Waals surface area contributed by atoms with Gasteiger partial charge in [-0.05, 0) is 38.3 Å². The lowest BCUT2D eigenvalue weighted by Gasteiger charge is -2.21. The molecule has 1 aromatic heterocycles. The zero-order chi connectivity index (χ0) is 13.6. The maximum atomic E-state index is 13.1. The first kappa shape index (κ1) is 13.3. The van der Waals surface area contributed by atoms with Gasteiger partial charge in [0.25, 0.3) is 0 Å². The number of aromatic nitrogens is 1. The summed E-state index contributed by atoms with van der Waals surface area (Å²) in [5.74, 6) is -0.369. The number of hydrogen-bond donors (Lipinski definition) is 0. The Bertz CT molecular complexity index is 512. The largest absolute Gasteiger partial charge is 0.398 e. The molecule has 0 saturated heterocycles. The molecule has 1 fully saturated rings. The average molecular weight is 275 g/mol. The zero-order valence-electron chi connectivity index (χ0n) is 9.97. The minimum Gasteiger partial charge on any atom is -0.295 e. The van der Waals surface area contributed by atoms with Gasteiger partial charge in [0.15, 0.2) is 5.78 Å². The number of rotatable bonds is 3. The van der Waals surface area contributed by atoms with Crippen LogP contribution in [0.1, 0.15) is 29.7 Å². The van der Waals surface area contributed by atoms with Gasteiger partial charge in [0.2, 0.25) is 0 Å². The van der Waals surface area contributed by atoms with Gasteiger partial charge in [0.05, 0.1) is 15.3 Å². The van der Waals surface area contributed by atoms with Gasteiger partial charge in [0, 0.05) is 6.20 Å². The summed E-state index contributed by atoms with van der Waals surface area (Å²) in [6, 6.07) is 0. The number of thiazole rings is 1. The van der Waals surface area contributed by atoms with Crippen LogP contribution in [0.5, 0.6) is 0 Å². The van der Waals surface area contributed by atoms with E-state index in [1.165, 1.54) is 24.5 Å². The lowest BCUT2D eigenvalue weighted by atomic mass is 9.93. The molecular weight excluding hydrogens is 263 g/mol. The van der Waals surface area contributed by atoms with Gasteiger partial charge >= 0.3 is 6.18 Å². The van der Waals surface area contributed by atoms with E-state index in [0.29, 0.717) is 9.88 Å². The normalized spacial score (nSPS) is 18.8. The third kappa shape index (κ3) is 2.21. The number of ketones is 1. The van der Waals surface area contributed by atoms with Crippen molar-refractivity contribution in [3.63, 3.8) is 0 Å². The predicted octanol–water partition coefficient (Wildman–Crippen LogP) is 3.77. The van der Waals surface area contributed by atoms with E-state index in [0.717, 1.165) is 6.08 Å². The van der Waals surface area contributed by atoms with Crippen molar-refractivity contribution < 1.29 is 18.0 Å². The van der Waals surface area contributed by atoms with Gasteiger partial charge in [-0.25, -0.2) is 4.98 Å². The smallest absolute Gasteiger partial charge is 0.295 e. The van der Waals surface area contributed by atoms with E-state index in [-0.39, 0.29) is 24.2 Å². The van der Waals surface area contributed by atoms with Crippen molar-refractivity contribution >= 4 is 22.7 Å². The van der Waals surface area contributed by atoms with E-state index >= 15 is 0 Å². The fourth-order valence-electron chi connectivity index (χ4n) is 1.96. The topological polar surface area (TPSA) is 30.0 Å². The highest BCUT2D eigenvalue weighted by atomic mass is 32.1. The van der Waals surface area contributed by atoms with Crippen LogP contribution >= 0.6 is 11.3 Å². The molecule has 98 valence electrons. The Morgan fingerprint density at radius 3 is 2.44 bits per heavy atom. The Morgan fingerprint density at radius 1 is 1.50 bits per heavy atom. The molecule has 1 aromatic rings. The minimum absolute atomic E-state index is 0.0482. The van der Waals surface area contributed by atoms with Gasteiger partial charge in [-0.1, -0.05) is 0 Å². The fourth-order valence-corrected chi connectivity index (χ4v) is 2.86. The van der Waals surface area contributed by atoms with Gasteiger partial charge in [-0.15, -0.1) is 11.3 Å². The fraction of sp³-hybridized carbons (Fsp3) is 0.500. The molecule has 0 spiro atoms. The number of aryl methyl sites for hydroxylation is 1. The average Bonchev–Trinajstić information content (AvgIpc) is 2.93. The number of hydrogen-bond acceptors (Lipinski definition) is 3. The molecular formula is C12H12F3NOS. The molecule has 0 bridgehead atoms. The Hall–Kier alpha value is -1.17. The molecule has 18 heavy (non-hydrogen) atoms. The first-order valence-corrected chi connectivity index (χ1v) is 6.30. The number of alkyl halides is 3. The van der Waals surface area contributed by atoms with Crippen molar-refractivity contribution in [1.82, 2.24) is 4.98 Å². The molecule has 1 saturated carbocycles. The van der Waals surface area contributed by atoms with Gasteiger partial charge in [-0.2, -0.15) is 13.2 Å². The molecule has 0 unspecified atom stereocenters. The van der Waals surface area contributed by atoms with E-state index in [4.69, 9.17) is 0 Å². The molecule has 0 aromatic carbocycles. The number of carbonyl (C=O) groups is 1. The molecule has 0 atom stereocenters. The number of carbonyl (C=O) groups excluding carboxylic acids is 1. The van der Waals surface area contributed by atoms with Gasteiger partial charge in [0.1, 0.15) is 0 Å². The van der Waals surface area contributed by atoms with Crippen LogP contribution in [0.3, 0.4) is 0 Å². The predicted molar refractivity (Wildman–Crippen MR) is 63.2 cm³/mol. The summed E-state index contributed by atoms with van der Waals surface area (Å²) < 4.78 is 39.4. The maximum Gasteiger partial charge on any atom is 0.398 e. The van der Waals surface area contributed by atoms with E-state index in [1.807, 2.05) is 0 Å². The van der Waals surface area contributed by atoms with Crippen LogP contribution in [-0.4, -0.2) is 16.9 Å². The standard InChI is InChI=1S/C12H12F3NOS/c1-7(17)5-9(10-6-16-8(2)18-10)11(3-4-11)12(13,14)15/h5-6H,3-4H2,1-2H3/b9-5-. The second-order valence-corrected chi connectivity index (χ2v) is 5.73. The second kappa shape index (κ2) is 4.19. The first-order valence-electron chi connectivity index (χ1n) is 5.48. The van der Waals surface area contributed by atoms with Crippen LogP contribution in [0.15, 0.2) is 12.3 Å². The highest BCUT2D eigenvalue weighted by Crippen LogP contribution is 2.65. The Labute approximate surface area is 107 Å². The Morgan fingerprint density at radius 2 is 2.11 bits per heavy atom. The Balaban J connectivity index is 2.49. The summed E-state index contributed by atoms with van der Waals surface area (Å²) in [4.78, 5) is 15.6.